The van der Waals surface area contributed by atoms with Crippen LogP contribution in [0.2, 0.25) is 0 Å². The number of aromatic nitrogens is 4. The van der Waals surface area contributed by atoms with Crippen LogP contribution < -0.4 is 0 Å². The Morgan fingerprint density at radius 2 is 2.41 bits per heavy atom. The van der Waals surface area contributed by atoms with Crippen molar-refractivity contribution in [2.75, 3.05) is 13.1 Å². The van der Waals surface area contributed by atoms with Crippen LogP contribution >= 0.6 is 11.3 Å². The number of hydrogen-bond donors (Lipinski definition) is 0. The van der Waals surface area contributed by atoms with Gasteiger partial charge in [-0.2, -0.15) is 5.10 Å². The summed E-state index contributed by atoms with van der Waals surface area (Å²) >= 11 is 1.72. The Hall–Kier alpha value is -1.76. The van der Waals surface area contributed by atoms with Gasteiger partial charge >= 0.3 is 0 Å². The zero-order valence-electron chi connectivity index (χ0n) is 13.0. The zero-order chi connectivity index (χ0) is 15.5. The topological polar surface area (TPSA) is 63.9 Å². The Morgan fingerprint density at radius 1 is 1.55 bits per heavy atom. The molecule has 0 bridgehead atoms. The van der Waals surface area contributed by atoms with Crippen molar-refractivity contribution in [3.63, 3.8) is 0 Å². The number of carbonyl (C=O) groups is 1. The quantitative estimate of drug-likeness (QED) is 0.867. The molecule has 7 heteroatoms. The van der Waals surface area contributed by atoms with E-state index in [9.17, 15) is 4.79 Å². The van der Waals surface area contributed by atoms with Gasteiger partial charge in [-0.1, -0.05) is 6.92 Å². The van der Waals surface area contributed by atoms with E-state index < -0.39 is 0 Å². The molecule has 0 unspecified atom stereocenters. The number of piperidine rings is 1. The van der Waals surface area contributed by atoms with Crippen molar-refractivity contribution in [1.29, 1.82) is 0 Å². The first-order valence-electron chi connectivity index (χ1n) is 7.76. The summed E-state index contributed by atoms with van der Waals surface area (Å²) in [6, 6.07) is -0.302. The fourth-order valence-corrected chi connectivity index (χ4v) is 3.88. The molecule has 1 aliphatic rings. The highest BCUT2D eigenvalue weighted by molar-refractivity contribution is 7.09. The van der Waals surface area contributed by atoms with Crippen LogP contribution in [0.4, 0.5) is 0 Å². The molecule has 0 aromatic carbocycles. The van der Waals surface area contributed by atoms with Gasteiger partial charge in [-0.15, -0.1) is 11.3 Å². The van der Waals surface area contributed by atoms with Crippen LogP contribution in [0.5, 0.6) is 0 Å². The molecule has 3 rings (SSSR count). The highest BCUT2D eigenvalue weighted by atomic mass is 32.1. The summed E-state index contributed by atoms with van der Waals surface area (Å²) in [5, 5.41) is 7.37. The largest absolute Gasteiger partial charge is 0.340 e. The van der Waals surface area contributed by atoms with Crippen molar-refractivity contribution in [3.05, 3.63) is 28.7 Å². The van der Waals surface area contributed by atoms with E-state index in [1.807, 2.05) is 11.8 Å². The van der Waals surface area contributed by atoms with Gasteiger partial charge in [0, 0.05) is 24.4 Å². The Kier molecular flexibility index (Phi) is 4.52. The van der Waals surface area contributed by atoms with Gasteiger partial charge < -0.3 is 4.90 Å². The third kappa shape index (κ3) is 3.04. The highest BCUT2D eigenvalue weighted by Crippen LogP contribution is 2.30. The molecular weight excluding hydrogens is 298 g/mol. The predicted octanol–water partition coefficient (Wildman–Crippen LogP) is 2.26. The number of hydrogen-bond acceptors (Lipinski definition) is 5. The molecule has 0 spiro atoms. The number of nitrogens with zero attached hydrogens (tertiary/aromatic N) is 5. The van der Waals surface area contributed by atoms with Gasteiger partial charge in [0.2, 0.25) is 5.91 Å². The average Bonchev–Trinajstić information content (AvgIpc) is 3.24. The lowest BCUT2D eigenvalue weighted by atomic mass is 9.98. The first kappa shape index (κ1) is 15.1. The number of rotatable bonds is 4. The van der Waals surface area contributed by atoms with Gasteiger partial charge in [0.05, 0.1) is 10.7 Å². The second kappa shape index (κ2) is 6.56. The molecule has 2 atom stereocenters. The van der Waals surface area contributed by atoms with Crippen molar-refractivity contribution >= 4 is 17.2 Å². The van der Waals surface area contributed by atoms with E-state index in [-0.39, 0.29) is 11.9 Å². The third-order valence-electron chi connectivity index (χ3n) is 4.20. The van der Waals surface area contributed by atoms with Gasteiger partial charge in [-0.05, 0) is 26.2 Å². The molecule has 1 saturated heterocycles. The summed E-state index contributed by atoms with van der Waals surface area (Å²) in [7, 11) is 0. The number of amides is 1. The van der Waals surface area contributed by atoms with Crippen molar-refractivity contribution in [3.8, 4) is 0 Å². The van der Waals surface area contributed by atoms with E-state index in [1.54, 1.807) is 22.3 Å². The number of aryl methyl sites for hydroxylation is 1. The van der Waals surface area contributed by atoms with E-state index in [0.717, 1.165) is 38.0 Å². The summed E-state index contributed by atoms with van der Waals surface area (Å²) in [5.74, 6) is 0.480. The van der Waals surface area contributed by atoms with Gasteiger partial charge in [0.15, 0.2) is 0 Å². The van der Waals surface area contributed by atoms with E-state index in [1.165, 1.54) is 11.3 Å². The molecule has 0 saturated carbocycles. The summed E-state index contributed by atoms with van der Waals surface area (Å²) in [6.07, 6.45) is 6.16. The minimum Gasteiger partial charge on any atom is -0.340 e. The minimum absolute atomic E-state index is 0.113. The molecule has 22 heavy (non-hydrogen) atoms. The molecule has 1 aliphatic heterocycles. The van der Waals surface area contributed by atoms with Gasteiger partial charge in [-0.25, -0.2) is 14.6 Å². The van der Waals surface area contributed by atoms with Crippen LogP contribution in [0.1, 0.15) is 49.4 Å². The van der Waals surface area contributed by atoms with Crippen LogP contribution in [0, 0.1) is 0 Å². The Bertz CT molecular complexity index is 624. The summed E-state index contributed by atoms with van der Waals surface area (Å²) in [5.41, 5.74) is 1.15. The molecule has 0 N–H and O–H groups in total. The van der Waals surface area contributed by atoms with Crippen LogP contribution in [0.3, 0.4) is 0 Å². The lowest BCUT2D eigenvalue weighted by Crippen LogP contribution is -2.42. The molecule has 0 radical (unpaired) electrons. The maximum atomic E-state index is 12.7. The van der Waals surface area contributed by atoms with E-state index in [0.29, 0.717) is 5.92 Å². The van der Waals surface area contributed by atoms with Crippen LogP contribution in [0.25, 0.3) is 0 Å². The van der Waals surface area contributed by atoms with Crippen molar-refractivity contribution in [2.45, 2.75) is 45.1 Å². The molecule has 3 heterocycles. The fraction of sp³-hybridized carbons (Fsp3) is 0.600. The van der Waals surface area contributed by atoms with Gasteiger partial charge in [0.25, 0.3) is 0 Å². The van der Waals surface area contributed by atoms with E-state index in [4.69, 9.17) is 4.98 Å². The molecule has 2 aromatic heterocycles. The minimum atomic E-state index is -0.302. The lowest BCUT2D eigenvalue weighted by Gasteiger charge is -2.33. The summed E-state index contributed by atoms with van der Waals surface area (Å²) < 4.78 is 1.62. The fourth-order valence-electron chi connectivity index (χ4n) is 2.85. The molecule has 6 nitrogen and oxygen atoms in total. The molecule has 0 aliphatic carbocycles. The van der Waals surface area contributed by atoms with Crippen LogP contribution in [-0.2, 0) is 11.2 Å². The summed E-state index contributed by atoms with van der Waals surface area (Å²) in [4.78, 5) is 23.2. The first-order chi connectivity index (χ1) is 10.7. The Labute approximate surface area is 134 Å². The van der Waals surface area contributed by atoms with Gasteiger partial charge in [-0.3, -0.25) is 4.79 Å². The first-order valence-corrected chi connectivity index (χ1v) is 8.64. The third-order valence-corrected chi connectivity index (χ3v) is 5.26. The molecule has 1 amide bonds. The SMILES string of the molecule is CCc1csc([C@@H]2CCCN(C(=O)[C@H](C)n3cncn3)C2)n1. The molecule has 118 valence electrons. The van der Waals surface area contributed by atoms with E-state index >= 15 is 0 Å². The number of likely N-dealkylation sites (tertiary alicyclic amines) is 1. The van der Waals surface area contributed by atoms with E-state index in [2.05, 4.69) is 22.4 Å². The number of carbonyl (C=O) groups excluding carboxylic acids is 1. The average molecular weight is 319 g/mol. The van der Waals surface area contributed by atoms with Crippen molar-refractivity contribution < 1.29 is 4.79 Å². The second-order valence-electron chi connectivity index (χ2n) is 5.71. The van der Waals surface area contributed by atoms with Crippen LogP contribution in [0.15, 0.2) is 18.0 Å². The van der Waals surface area contributed by atoms with Gasteiger partial charge in [0.1, 0.15) is 18.7 Å². The Balaban J connectivity index is 1.68. The number of thiazole rings is 1. The zero-order valence-corrected chi connectivity index (χ0v) is 13.8. The molecule has 2 aromatic rings. The van der Waals surface area contributed by atoms with Crippen molar-refractivity contribution in [2.24, 2.45) is 0 Å². The summed E-state index contributed by atoms with van der Waals surface area (Å²) in [6.45, 7) is 5.57. The molecular formula is C15H21N5OS. The predicted molar refractivity (Wildman–Crippen MR) is 84.8 cm³/mol. The maximum absolute atomic E-state index is 12.7. The van der Waals surface area contributed by atoms with Crippen molar-refractivity contribution in [1.82, 2.24) is 24.6 Å². The second-order valence-corrected chi connectivity index (χ2v) is 6.60. The smallest absolute Gasteiger partial charge is 0.247 e. The normalized spacial score (nSPS) is 20.1. The Morgan fingerprint density at radius 3 is 3.09 bits per heavy atom. The molecule has 1 fully saturated rings. The monoisotopic (exact) mass is 319 g/mol. The van der Waals surface area contributed by atoms with Crippen LogP contribution in [-0.4, -0.2) is 43.6 Å². The highest BCUT2D eigenvalue weighted by Gasteiger charge is 2.29. The lowest BCUT2D eigenvalue weighted by molar-refractivity contribution is -0.135. The maximum Gasteiger partial charge on any atom is 0.247 e. The standard InChI is InChI=1S/C15H21N5OS/c1-3-13-8-22-14(18-13)12-5-4-6-19(7-12)15(21)11(2)20-10-16-9-17-20/h8-12H,3-7H2,1-2H3/t11-,12+/m0/s1.